The molecule has 308 valence electrons. The molecule has 6 nitrogen and oxygen atoms in total. The van der Waals surface area contributed by atoms with Gasteiger partial charge in [0.25, 0.3) is 0 Å². The van der Waals surface area contributed by atoms with Crippen molar-refractivity contribution >= 4 is 8.60 Å². The first kappa shape index (κ1) is 46.8. The molecule has 0 saturated heterocycles. The van der Waals surface area contributed by atoms with Gasteiger partial charge in [0.2, 0.25) is 0 Å². The fourth-order valence-corrected chi connectivity index (χ4v) is 9.49. The van der Waals surface area contributed by atoms with Gasteiger partial charge in [-0.05, 0) is 110 Å². The maximum atomic E-state index is 6.98. The number of benzene rings is 3. The second kappa shape index (κ2) is 22.9. The number of hydrogen-bond donors (Lipinski definition) is 0. The zero-order valence-electron chi connectivity index (χ0n) is 36.4. The number of rotatable bonds is 27. The van der Waals surface area contributed by atoms with Crippen molar-refractivity contribution < 1.29 is 27.8 Å². The highest BCUT2D eigenvalue weighted by Gasteiger charge is 2.41. The van der Waals surface area contributed by atoms with E-state index in [0.717, 1.165) is 55.8 Å². The molecule has 3 aromatic rings. The molecular formula is C48H75O6P. The SMILES string of the molecule is CC(C)CC(COP(OCC(CC(C)C)(CC(C)C)Oc1ccccc1)OCC(CC(C)C)(CC(C)C)Oc1ccccc1)(CC(C)C)Oc1ccccc1. The molecule has 0 atom stereocenters. The Morgan fingerprint density at radius 3 is 0.727 bits per heavy atom. The average molecular weight is 779 g/mol. The third-order valence-corrected chi connectivity index (χ3v) is 10.2. The van der Waals surface area contributed by atoms with Crippen LogP contribution in [0.1, 0.15) is 122 Å². The Labute approximate surface area is 337 Å². The molecule has 0 amide bonds. The van der Waals surface area contributed by atoms with Crippen molar-refractivity contribution in [2.45, 2.75) is 138 Å². The Hall–Kier alpha value is -2.63. The van der Waals surface area contributed by atoms with Crippen LogP contribution in [0.4, 0.5) is 0 Å². The second-order valence-electron chi connectivity index (χ2n) is 18.4. The summed E-state index contributed by atoms with van der Waals surface area (Å²) in [4.78, 5) is 0. The molecule has 0 spiro atoms. The van der Waals surface area contributed by atoms with Crippen LogP contribution in [0.5, 0.6) is 17.2 Å². The molecule has 0 heterocycles. The van der Waals surface area contributed by atoms with Gasteiger partial charge in [-0.25, -0.2) is 0 Å². The van der Waals surface area contributed by atoms with E-state index >= 15 is 0 Å². The molecule has 3 rings (SSSR count). The summed E-state index contributed by atoms with van der Waals surface area (Å²) in [7, 11) is -1.87. The summed E-state index contributed by atoms with van der Waals surface area (Å²) in [5.74, 6) is 4.81. The van der Waals surface area contributed by atoms with Gasteiger partial charge in [0.05, 0.1) is 19.8 Å². The molecule has 0 aliphatic rings. The summed E-state index contributed by atoms with van der Waals surface area (Å²) in [6, 6.07) is 30.4. The monoisotopic (exact) mass is 779 g/mol. The van der Waals surface area contributed by atoms with Crippen LogP contribution in [0, 0.1) is 35.5 Å². The number of hydrogen-bond acceptors (Lipinski definition) is 6. The molecular weight excluding hydrogens is 703 g/mol. The highest BCUT2D eigenvalue weighted by Crippen LogP contribution is 2.47. The van der Waals surface area contributed by atoms with E-state index in [4.69, 9.17) is 27.8 Å². The van der Waals surface area contributed by atoms with Gasteiger partial charge in [-0.3, -0.25) is 0 Å². The Kier molecular flexibility index (Phi) is 19.5. The Balaban J connectivity index is 2.07. The highest BCUT2D eigenvalue weighted by atomic mass is 31.2. The first-order chi connectivity index (χ1) is 26.0. The predicted molar refractivity (Wildman–Crippen MR) is 231 cm³/mol. The van der Waals surface area contributed by atoms with Gasteiger partial charge in [-0.1, -0.05) is 138 Å². The van der Waals surface area contributed by atoms with Crippen LogP contribution in [-0.2, 0) is 13.6 Å². The van der Waals surface area contributed by atoms with Crippen LogP contribution in [0.25, 0.3) is 0 Å². The van der Waals surface area contributed by atoms with Gasteiger partial charge < -0.3 is 27.8 Å². The van der Waals surface area contributed by atoms with Gasteiger partial charge in [0.15, 0.2) is 0 Å². The van der Waals surface area contributed by atoms with Gasteiger partial charge >= 0.3 is 8.60 Å². The summed E-state index contributed by atoms with van der Waals surface area (Å²) in [5.41, 5.74) is -1.76. The molecule has 0 aliphatic carbocycles. The van der Waals surface area contributed by atoms with Crippen LogP contribution in [-0.4, -0.2) is 36.6 Å². The van der Waals surface area contributed by atoms with E-state index in [0.29, 0.717) is 55.3 Å². The van der Waals surface area contributed by atoms with Crippen molar-refractivity contribution in [1.29, 1.82) is 0 Å². The van der Waals surface area contributed by atoms with Crippen molar-refractivity contribution in [3.8, 4) is 17.2 Å². The summed E-state index contributed by atoms with van der Waals surface area (Å²) in [6.45, 7) is 28.0. The van der Waals surface area contributed by atoms with Gasteiger partial charge in [0.1, 0.15) is 34.1 Å². The minimum Gasteiger partial charge on any atom is -0.485 e. The fourth-order valence-electron chi connectivity index (χ4n) is 8.24. The minimum absolute atomic E-state index is 0.325. The third-order valence-electron chi connectivity index (χ3n) is 9.21. The molecule has 0 N–H and O–H groups in total. The molecule has 0 bridgehead atoms. The first-order valence-corrected chi connectivity index (χ1v) is 22.0. The zero-order chi connectivity index (χ0) is 40.5. The van der Waals surface area contributed by atoms with Crippen molar-refractivity contribution in [2.75, 3.05) is 19.8 Å². The van der Waals surface area contributed by atoms with Crippen molar-refractivity contribution in [1.82, 2.24) is 0 Å². The third kappa shape index (κ3) is 17.6. The topological polar surface area (TPSA) is 55.4 Å². The second-order valence-corrected chi connectivity index (χ2v) is 19.6. The van der Waals surface area contributed by atoms with E-state index in [-0.39, 0.29) is 0 Å². The van der Waals surface area contributed by atoms with E-state index in [9.17, 15) is 0 Å². The average Bonchev–Trinajstić information content (AvgIpc) is 3.07. The Bertz CT molecular complexity index is 1220. The van der Waals surface area contributed by atoms with Gasteiger partial charge in [-0.2, -0.15) is 0 Å². The summed E-state index contributed by atoms with van der Waals surface area (Å²) in [6.07, 6.45) is 4.96. The van der Waals surface area contributed by atoms with E-state index in [2.05, 4.69) is 83.1 Å². The lowest BCUT2D eigenvalue weighted by Crippen LogP contribution is -2.45. The van der Waals surface area contributed by atoms with Gasteiger partial charge in [0, 0.05) is 0 Å². The lowest BCUT2D eigenvalue weighted by atomic mass is 9.85. The number of para-hydroxylation sites is 3. The molecule has 0 aromatic heterocycles. The first-order valence-electron chi connectivity index (χ1n) is 20.9. The summed E-state index contributed by atoms with van der Waals surface area (Å²) < 4.78 is 41.8. The largest absolute Gasteiger partial charge is 0.485 e. The standard InChI is InChI=1S/C48H75O6P/c1-37(2)28-46(29-38(3)4,52-43-22-16-13-17-23-43)34-49-55(50-35-47(30-39(5)6,31-40(7)8)53-44-24-18-14-19-25-44)51-36-48(32-41(9)10,33-42(11)12)54-45-26-20-15-21-27-45/h13-27,37-42H,28-36H2,1-12H3. The minimum atomic E-state index is -1.87. The molecule has 55 heavy (non-hydrogen) atoms. The maximum absolute atomic E-state index is 6.98. The lowest BCUT2D eigenvalue weighted by molar-refractivity contribution is -0.0526. The molecule has 0 aliphatic heterocycles. The smallest absolute Gasteiger partial charge is 0.333 e. The van der Waals surface area contributed by atoms with Crippen LogP contribution in [0.3, 0.4) is 0 Å². The van der Waals surface area contributed by atoms with E-state index in [1.807, 2.05) is 91.0 Å². The summed E-state index contributed by atoms with van der Waals surface area (Å²) in [5, 5.41) is 0. The molecule has 0 fully saturated rings. The molecule has 7 heteroatoms. The molecule has 3 aromatic carbocycles. The van der Waals surface area contributed by atoms with E-state index < -0.39 is 25.4 Å². The highest BCUT2D eigenvalue weighted by molar-refractivity contribution is 7.41. The van der Waals surface area contributed by atoms with E-state index in [1.165, 1.54) is 0 Å². The van der Waals surface area contributed by atoms with Crippen molar-refractivity contribution in [2.24, 2.45) is 35.5 Å². The van der Waals surface area contributed by atoms with Crippen molar-refractivity contribution in [3.63, 3.8) is 0 Å². The normalized spacial score (nSPS) is 12.9. The zero-order valence-corrected chi connectivity index (χ0v) is 37.3. The van der Waals surface area contributed by atoms with Crippen molar-refractivity contribution in [3.05, 3.63) is 91.0 Å². The fraction of sp³-hybridized carbons (Fsp3) is 0.625. The summed E-state index contributed by atoms with van der Waals surface area (Å²) >= 11 is 0. The Morgan fingerprint density at radius 2 is 0.545 bits per heavy atom. The van der Waals surface area contributed by atoms with E-state index in [1.54, 1.807) is 0 Å². The molecule has 0 unspecified atom stereocenters. The number of ether oxygens (including phenoxy) is 3. The van der Waals surface area contributed by atoms with Crippen LogP contribution in [0.2, 0.25) is 0 Å². The maximum Gasteiger partial charge on any atom is 0.333 e. The Morgan fingerprint density at radius 1 is 0.345 bits per heavy atom. The van der Waals surface area contributed by atoms with Crippen LogP contribution < -0.4 is 14.2 Å². The predicted octanol–water partition coefficient (Wildman–Crippen LogP) is 14.0. The van der Waals surface area contributed by atoms with Crippen LogP contribution in [0.15, 0.2) is 91.0 Å². The van der Waals surface area contributed by atoms with Crippen LogP contribution >= 0.6 is 8.60 Å². The van der Waals surface area contributed by atoms with Gasteiger partial charge in [-0.15, -0.1) is 0 Å². The quantitative estimate of drug-likeness (QED) is 0.0719. The molecule has 0 radical (unpaired) electrons. The molecule has 0 saturated carbocycles. The lowest BCUT2D eigenvalue weighted by Gasteiger charge is -2.40.